The van der Waals surface area contributed by atoms with E-state index in [1.807, 2.05) is 13.2 Å². The molecule has 1 saturated heterocycles. The number of ether oxygens (including phenoxy) is 1. The van der Waals surface area contributed by atoms with Crippen molar-refractivity contribution in [3.8, 4) is 0 Å². The molecule has 138 valence electrons. The summed E-state index contributed by atoms with van der Waals surface area (Å²) in [5, 5.41) is 4.13. The number of nitrogens with zero attached hydrogens (tertiary/aromatic N) is 3. The Hall–Kier alpha value is -2.14. The van der Waals surface area contributed by atoms with Crippen molar-refractivity contribution < 1.29 is 9.53 Å². The molecule has 26 heavy (non-hydrogen) atoms. The molecule has 0 saturated carbocycles. The lowest BCUT2D eigenvalue weighted by Crippen LogP contribution is -2.25. The van der Waals surface area contributed by atoms with Gasteiger partial charge in [0.25, 0.3) is 0 Å². The average molecular weight is 353 g/mol. The van der Waals surface area contributed by atoms with E-state index in [9.17, 15) is 4.79 Å². The normalized spacial score (nSPS) is 19.7. The highest BCUT2D eigenvalue weighted by Gasteiger charge is 2.25. The average Bonchev–Trinajstić information content (AvgIpc) is 3.34. The number of hydrogen-bond acceptors (Lipinski definition) is 4. The van der Waals surface area contributed by atoms with Gasteiger partial charge in [-0.1, -0.05) is 18.2 Å². The fourth-order valence-electron chi connectivity index (χ4n) is 4.11. The van der Waals surface area contributed by atoms with Gasteiger partial charge in [-0.25, -0.2) is 0 Å². The van der Waals surface area contributed by atoms with Gasteiger partial charge in [0.2, 0.25) is 0 Å². The highest BCUT2D eigenvalue weighted by Crippen LogP contribution is 2.24. The largest absolute Gasteiger partial charge is 0.461 e. The molecule has 2 aliphatic rings. The van der Waals surface area contributed by atoms with Crippen LogP contribution in [0, 0.1) is 0 Å². The van der Waals surface area contributed by atoms with Crippen LogP contribution in [0.25, 0.3) is 0 Å². The van der Waals surface area contributed by atoms with Crippen LogP contribution in [0.5, 0.6) is 0 Å². The topological polar surface area (TPSA) is 47.4 Å². The van der Waals surface area contributed by atoms with Crippen molar-refractivity contribution in [2.75, 3.05) is 13.1 Å². The second-order valence-electron chi connectivity index (χ2n) is 7.61. The number of carbonyl (C=O) groups excluding carboxylic acids is 1. The molecule has 2 aromatic rings. The Kier molecular flexibility index (Phi) is 5.07. The third-order valence-corrected chi connectivity index (χ3v) is 5.47. The Balaban J connectivity index is 1.22. The quantitative estimate of drug-likeness (QED) is 0.749. The molecule has 0 spiro atoms. The first-order valence-electron chi connectivity index (χ1n) is 9.66. The maximum absolute atomic E-state index is 12.1. The van der Waals surface area contributed by atoms with Crippen LogP contribution in [0.15, 0.2) is 30.6 Å². The predicted octanol–water partition coefficient (Wildman–Crippen LogP) is 2.66. The molecule has 0 radical (unpaired) electrons. The number of aryl methyl sites for hydroxylation is 4. The number of rotatable bonds is 6. The summed E-state index contributed by atoms with van der Waals surface area (Å²) in [6.45, 7) is 2.80. The molecular formula is C21H27N3O2. The summed E-state index contributed by atoms with van der Waals surface area (Å²) in [6, 6.07) is 6.93. The summed E-state index contributed by atoms with van der Waals surface area (Å²) in [5.74, 6) is -0.0989. The minimum absolute atomic E-state index is 0.0332. The first-order valence-corrected chi connectivity index (χ1v) is 9.66. The molecule has 1 aromatic heterocycles. The highest BCUT2D eigenvalue weighted by molar-refractivity contribution is 5.70. The highest BCUT2D eigenvalue weighted by atomic mass is 16.5. The van der Waals surface area contributed by atoms with Crippen molar-refractivity contribution >= 4 is 5.97 Å². The molecule has 1 aliphatic carbocycles. The fraction of sp³-hybridized carbons (Fsp3) is 0.524. The Bertz CT molecular complexity index is 783. The van der Waals surface area contributed by atoms with Crippen LogP contribution >= 0.6 is 0 Å². The third-order valence-electron chi connectivity index (χ3n) is 5.47. The summed E-state index contributed by atoms with van der Waals surface area (Å²) < 4.78 is 7.43. The molecule has 0 bridgehead atoms. The number of hydrogen-bond donors (Lipinski definition) is 0. The molecule has 0 N–H and O–H groups in total. The molecule has 1 aliphatic heterocycles. The van der Waals surface area contributed by atoms with Gasteiger partial charge >= 0.3 is 5.97 Å². The van der Waals surface area contributed by atoms with Gasteiger partial charge in [0.1, 0.15) is 6.10 Å². The zero-order valence-corrected chi connectivity index (χ0v) is 15.5. The van der Waals surface area contributed by atoms with Crippen LogP contribution < -0.4 is 0 Å². The van der Waals surface area contributed by atoms with Crippen molar-refractivity contribution in [2.45, 2.75) is 51.2 Å². The summed E-state index contributed by atoms with van der Waals surface area (Å²) in [7, 11) is 1.88. The van der Waals surface area contributed by atoms with Gasteiger partial charge in [0.05, 0.1) is 6.20 Å². The smallest absolute Gasteiger partial charge is 0.306 e. The van der Waals surface area contributed by atoms with Crippen LogP contribution in [-0.2, 0) is 42.4 Å². The van der Waals surface area contributed by atoms with E-state index in [2.05, 4.69) is 28.2 Å². The Labute approximate surface area is 154 Å². The van der Waals surface area contributed by atoms with Crippen LogP contribution in [0.2, 0.25) is 0 Å². The zero-order chi connectivity index (χ0) is 17.9. The number of likely N-dealkylation sites (tertiary alicyclic amines) is 1. The number of fused-ring (bicyclic) bond motifs is 1. The third kappa shape index (κ3) is 4.15. The van der Waals surface area contributed by atoms with Gasteiger partial charge in [-0.15, -0.1) is 0 Å². The van der Waals surface area contributed by atoms with E-state index in [1.165, 1.54) is 36.0 Å². The number of esters is 1. The lowest BCUT2D eigenvalue weighted by atomic mass is 10.1. The van der Waals surface area contributed by atoms with E-state index in [0.717, 1.165) is 31.6 Å². The maximum Gasteiger partial charge on any atom is 0.306 e. The zero-order valence-electron chi connectivity index (χ0n) is 15.5. The number of carbonyl (C=O) groups is 1. The van der Waals surface area contributed by atoms with Gasteiger partial charge in [-0.3, -0.25) is 14.4 Å². The summed E-state index contributed by atoms with van der Waals surface area (Å²) in [4.78, 5) is 14.5. The Morgan fingerprint density at radius 1 is 1.27 bits per heavy atom. The van der Waals surface area contributed by atoms with Crippen molar-refractivity contribution in [3.63, 3.8) is 0 Å². The summed E-state index contributed by atoms with van der Waals surface area (Å²) >= 11 is 0. The molecule has 5 nitrogen and oxygen atoms in total. The van der Waals surface area contributed by atoms with Gasteiger partial charge in [-0.05, 0) is 54.4 Å². The minimum atomic E-state index is -0.0989. The van der Waals surface area contributed by atoms with E-state index in [4.69, 9.17) is 4.74 Å². The Morgan fingerprint density at radius 2 is 2.15 bits per heavy atom. The lowest BCUT2D eigenvalue weighted by molar-refractivity contribution is -0.148. The summed E-state index contributed by atoms with van der Waals surface area (Å²) in [6.07, 6.45) is 9.58. The van der Waals surface area contributed by atoms with Gasteiger partial charge in [0.15, 0.2) is 0 Å². The van der Waals surface area contributed by atoms with Crippen LogP contribution in [0.4, 0.5) is 0 Å². The first kappa shape index (κ1) is 17.3. The molecule has 1 aromatic carbocycles. The van der Waals surface area contributed by atoms with Gasteiger partial charge in [-0.2, -0.15) is 5.10 Å². The fourth-order valence-corrected chi connectivity index (χ4v) is 4.11. The van der Waals surface area contributed by atoms with Gasteiger partial charge < -0.3 is 4.74 Å². The first-order chi connectivity index (χ1) is 12.7. The molecule has 1 atom stereocenters. The van der Waals surface area contributed by atoms with E-state index < -0.39 is 0 Å². The van der Waals surface area contributed by atoms with E-state index in [-0.39, 0.29) is 12.1 Å². The molecule has 4 rings (SSSR count). The monoisotopic (exact) mass is 353 g/mol. The number of aromatic nitrogens is 2. The molecular weight excluding hydrogens is 326 g/mol. The van der Waals surface area contributed by atoms with Crippen molar-refractivity contribution in [2.24, 2.45) is 7.05 Å². The lowest BCUT2D eigenvalue weighted by Gasteiger charge is -2.17. The second-order valence-corrected chi connectivity index (χ2v) is 7.61. The van der Waals surface area contributed by atoms with E-state index in [1.54, 1.807) is 10.9 Å². The van der Waals surface area contributed by atoms with Crippen LogP contribution in [0.3, 0.4) is 0 Å². The van der Waals surface area contributed by atoms with E-state index >= 15 is 0 Å². The van der Waals surface area contributed by atoms with E-state index in [0.29, 0.717) is 12.8 Å². The minimum Gasteiger partial charge on any atom is -0.461 e. The maximum atomic E-state index is 12.1. The molecule has 0 unspecified atom stereocenters. The van der Waals surface area contributed by atoms with Crippen LogP contribution in [0.1, 0.15) is 41.5 Å². The molecule has 1 fully saturated rings. The second kappa shape index (κ2) is 7.62. The van der Waals surface area contributed by atoms with Crippen LogP contribution in [-0.4, -0.2) is 39.8 Å². The predicted molar refractivity (Wildman–Crippen MR) is 99.8 cm³/mol. The Morgan fingerprint density at radius 3 is 3.00 bits per heavy atom. The molecule has 0 amide bonds. The van der Waals surface area contributed by atoms with Crippen molar-refractivity contribution in [3.05, 3.63) is 52.8 Å². The SMILES string of the molecule is Cn1cc(CCC(=O)O[C@@H]2CCN(Cc3ccc4c(c3)CCC4)C2)cn1. The number of benzene rings is 1. The molecule has 5 heteroatoms. The van der Waals surface area contributed by atoms with Gasteiger partial charge in [0, 0.05) is 39.3 Å². The molecule has 2 heterocycles. The summed E-state index contributed by atoms with van der Waals surface area (Å²) in [5.41, 5.74) is 5.51. The van der Waals surface area contributed by atoms with Crippen molar-refractivity contribution in [1.82, 2.24) is 14.7 Å². The standard InChI is InChI=1S/C21H27N3O2/c1-23-13-17(12-22-23)6-8-21(25)26-20-9-10-24(15-20)14-16-5-7-18-3-2-4-19(18)11-16/h5,7,11-13,20H,2-4,6,8-10,14-15H2,1H3/t20-/m1/s1. The van der Waals surface area contributed by atoms with Crippen molar-refractivity contribution in [1.29, 1.82) is 0 Å².